The maximum absolute atomic E-state index is 12.7. The minimum atomic E-state index is -0.467. The molecule has 9 nitrogen and oxygen atoms in total. The first kappa shape index (κ1) is 21.4. The van der Waals surface area contributed by atoms with Gasteiger partial charge in [-0.2, -0.15) is 0 Å². The Labute approximate surface area is 192 Å². The Balaban J connectivity index is 1.18. The van der Waals surface area contributed by atoms with E-state index in [-0.39, 0.29) is 29.5 Å². The van der Waals surface area contributed by atoms with Gasteiger partial charge in [0, 0.05) is 38.4 Å². The van der Waals surface area contributed by atoms with E-state index in [1.54, 1.807) is 11.0 Å². The number of amides is 3. The Hall–Kier alpha value is -3.49. The van der Waals surface area contributed by atoms with Crippen LogP contribution in [0.4, 0.5) is 16.3 Å². The van der Waals surface area contributed by atoms with E-state index >= 15 is 0 Å². The van der Waals surface area contributed by atoms with Gasteiger partial charge in [0.25, 0.3) is 0 Å². The zero-order valence-electron chi connectivity index (χ0n) is 18.6. The molecular formula is C24H27N5O4. The number of fused-ring (bicyclic) bond motifs is 1. The fourth-order valence-corrected chi connectivity index (χ4v) is 4.90. The number of piperazine rings is 1. The number of carbonyl (C=O) groups is 3. The molecule has 0 N–H and O–H groups in total. The van der Waals surface area contributed by atoms with Crippen molar-refractivity contribution in [1.82, 2.24) is 14.9 Å². The van der Waals surface area contributed by atoms with E-state index in [0.717, 1.165) is 37.1 Å². The molecule has 1 saturated carbocycles. The van der Waals surface area contributed by atoms with E-state index in [4.69, 9.17) is 4.74 Å². The SMILES string of the molecule is Cc1ccc(N2CCN(C(=O)Oc3ccc(N4C(=O)C5CCCCC5C4=O)cn3)CC2)nc1. The van der Waals surface area contributed by atoms with Crippen molar-refractivity contribution in [3.63, 3.8) is 0 Å². The second kappa shape index (κ2) is 8.80. The topological polar surface area (TPSA) is 95.9 Å². The standard InChI is InChI=1S/C24H27N5O4/c1-16-6-8-20(25-14-16)27-10-12-28(13-11-27)24(32)33-21-9-7-17(15-26-21)29-22(30)18-4-2-3-5-19(18)23(29)31/h6-9,14-15,18-19H,2-5,10-13H2,1H3. The maximum Gasteiger partial charge on any atom is 0.416 e. The van der Waals surface area contributed by atoms with Crippen LogP contribution in [0, 0.1) is 18.8 Å². The minimum Gasteiger partial charge on any atom is -0.391 e. The average Bonchev–Trinajstić information content (AvgIpc) is 3.10. The number of hydrogen-bond acceptors (Lipinski definition) is 7. The average molecular weight is 450 g/mol. The van der Waals surface area contributed by atoms with Gasteiger partial charge >= 0.3 is 6.09 Å². The molecule has 2 atom stereocenters. The molecule has 2 aromatic rings. The van der Waals surface area contributed by atoms with Gasteiger partial charge in [-0.25, -0.2) is 19.7 Å². The fourth-order valence-electron chi connectivity index (χ4n) is 4.90. The lowest BCUT2D eigenvalue weighted by Gasteiger charge is -2.34. The number of pyridine rings is 2. The summed E-state index contributed by atoms with van der Waals surface area (Å²) in [5, 5.41) is 0. The first-order valence-electron chi connectivity index (χ1n) is 11.5. The molecule has 0 spiro atoms. The minimum absolute atomic E-state index is 0.141. The normalized spacial score (nSPS) is 23.0. The summed E-state index contributed by atoms with van der Waals surface area (Å²) in [6, 6.07) is 7.15. The number of hydrogen-bond donors (Lipinski definition) is 0. The van der Waals surface area contributed by atoms with Crippen LogP contribution in [0.2, 0.25) is 0 Å². The van der Waals surface area contributed by atoms with Crippen LogP contribution in [0.5, 0.6) is 5.88 Å². The van der Waals surface area contributed by atoms with Crippen LogP contribution in [0.3, 0.4) is 0 Å². The van der Waals surface area contributed by atoms with E-state index in [0.29, 0.717) is 31.9 Å². The molecule has 4 heterocycles. The summed E-state index contributed by atoms with van der Waals surface area (Å²) in [5.41, 5.74) is 1.54. The summed E-state index contributed by atoms with van der Waals surface area (Å²) in [5.74, 6) is 0.337. The van der Waals surface area contributed by atoms with Crippen LogP contribution in [0.25, 0.3) is 0 Å². The summed E-state index contributed by atoms with van der Waals surface area (Å²) in [6.07, 6.45) is 6.29. The third kappa shape index (κ3) is 4.15. The predicted octanol–water partition coefficient (Wildman–Crippen LogP) is 2.79. The van der Waals surface area contributed by atoms with Gasteiger partial charge in [-0.05, 0) is 37.5 Å². The van der Waals surface area contributed by atoms with Crippen molar-refractivity contribution in [3.8, 4) is 5.88 Å². The van der Waals surface area contributed by atoms with Crippen molar-refractivity contribution >= 4 is 29.4 Å². The van der Waals surface area contributed by atoms with Gasteiger partial charge in [0.1, 0.15) is 5.82 Å². The number of nitrogens with zero attached hydrogens (tertiary/aromatic N) is 5. The molecule has 2 aliphatic heterocycles. The highest BCUT2D eigenvalue weighted by Gasteiger charge is 2.48. The molecule has 3 amide bonds. The first-order valence-corrected chi connectivity index (χ1v) is 11.5. The molecule has 1 aliphatic carbocycles. The number of imide groups is 1. The van der Waals surface area contributed by atoms with Crippen molar-refractivity contribution < 1.29 is 19.1 Å². The number of aromatic nitrogens is 2. The molecule has 3 fully saturated rings. The molecule has 2 unspecified atom stereocenters. The van der Waals surface area contributed by atoms with Crippen LogP contribution >= 0.6 is 0 Å². The lowest BCUT2D eigenvalue weighted by atomic mass is 9.81. The number of ether oxygens (including phenoxy) is 1. The molecule has 0 bridgehead atoms. The van der Waals surface area contributed by atoms with Crippen molar-refractivity contribution in [2.24, 2.45) is 11.8 Å². The van der Waals surface area contributed by atoms with Crippen LogP contribution in [0.15, 0.2) is 36.7 Å². The predicted molar refractivity (Wildman–Crippen MR) is 121 cm³/mol. The van der Waals surface area contributed by atoms with Gasteiger partial charge in [-0.15, -0.1) is 0 Å². The fraction of sp³-hybridized carbons (Fsp3) is 0.458. The van der Waals surface area contributed by atoms with Crippen molar-refractivity contribution in [2.45, 2.75) is 32.6 Å². The van der Waals surface area contributed by atoms with Crippen LogP contribution in [0.1, 0.15) is 31.2 Å². The van der Waals surface area contributed by atoms with Gasteiger partial charge in [0.05, 0.1) is 23.7 Å². The molecular weight excluding hydrogens is 422 g/mol. The highest BCUT2D eigenvalue weighted by Crippen LogP contribution is 2.40. The molecule has 5 rings (SSSR count). The van der Waals surface area contributed by atoms with E-state index in [1.807, 2.05) is 25.3 Å². The number of carbonyl (C=O) groups excluding carboxylic acids is 3. The van der Waals surface area contributed by atoms with Crippen molar-refractivity contribution in [2.75, 3.05) is 36.0 Å². The monoisotopic (exact) mass is 449 g/mol. The third-order valence-electron chi connectivity index (χ3n) is 6.77. The summed E-state index contributed by atoms with van der Waals surface area (Å²) in [4.78, 5) is 51.7. The zero-order chi connectivity index (χ0) is 22.9. The van der Waals surface area contributed by atoms with E-state index < -0.39 is 6.09 Å². The Morgan fingerprint density at radius 3 is 2.18 bits per heavy atom. The Bertz CT molecular complexity index is 1020. The molecule has 172 valence electrons. The Morgan fingerprint density at radius 2 is 1.61 bits per heavy atom. The van der Waals surface area contributed by atoms with E-state index in [1.165, 1.54) is 17.2 Å². The molecule has 2 aromatic heterocycles. The number of aryl methyl sites for hydroxylation is 1. The third-order valence-corrected chi connectivity index (χ3v) is 6.77. The summed E-state index contributed by atoms with van der Waals surface area (Å²) < 4.78 is 5.43. The second-order valence-corrected chi connectivity index (χ2v) is 8.90. The van der Waals surface area contributed by atoms with Crippen LogP contribution < -0.4 is 14.5 Å². The maximum atomic E-state index is 12.7. The zero-order valence-corrected chi connectivity index (χ0v) is 18.6. The highest BCUT2D eigenvalue weighted by atomic mass is 16.6. The molecule has 0 aromatic carbocycles. The molecule has 3 aliphatic rings. The summed E-state index contributed by atoms with van der Waals surface area (Å²) >= 11 is 0. The summed E-state index contributed by atoms with van der Waals surface area (Å²) in [6.45, 7) is 4.37. The molecule has 2 saturated heterocycles. The van der Waals surface area contributed by atoms with Crippen LogP contribution in [-0.4, -0.2) is 59.0 Å². The van der Waals surface area contributed by atoms with E-state index in [2.05, 4.69) is 14.9 Å². The quantitative estimate of drug-likeness (QED) is 0.665. The number of rotatable bonds is 3. The van der Waals surface area contributed by atoms with Crippen LogP contribution in [-0.2, 0) is 9.59 Å². The number of anilines is 2. The second-order valence-electron chi connectivity index (χ2n) is 8.90. The van der Waals surface area contributed by atoms with E-state index in [9.17, 15) is 14.4 Å². The lowest BCUT2D eigenvalue weighted by Crippen LogP contribution is -2.49. The largest absolute Gasteiger partial charge is 0.416 e. The van der Waals surface area contributed by atoms with Gasteiger partial charge in [0.2, 0.25) is 17.7 Å². The van der Waals surface area contributed by atoms with Crippen molar-refractivity contribution in [3.05, 3.63) is 42.2 Å². The Kier molecular flexibility index (Phi) is 5.70. The van der Waals surface area contributed by atoms with Gasteiger partial charge in [-0.1, -0.05) is 18.9 Å². The van der Waals surface area contributed by atoms with Gasteiger partial charge in [-0.3, -0.25) is 9.59 Å². The van der Waals surface area contributed by atoms with Gasteiger partial charge < -0.3 is 14.5 Å². The molecule has 33 heavy (non-hydrogen) atoms. The Morgan fingerprint density at radius 1 is 0.909 bits per heavy atom. The first-order chi connectivity index (χ1) is 16.0. The van der Waals surface area contributed by atoms with Gasteiger partial charge in [0.15, 0.2) is 0 Å². The summed E-state index contributed by atoms with van der Waals surface area (Å²) in [7, 11) is 0. The smallest absolute Gasteiger partial charge is 0.391 e. The van der Waals surface area contributed by atoms with Crippen molar-refractivity contribution in [1.29, 1.82) is 0 Å². The molecule has 9 heteroatoms. The highest BCUT2D eigenvalue weighted by molar-refractivity contribution is 6.22. The molecule has 0 radical (unpaired) electrons. The lowest BCUT2D eigenvalue weighted by molar-refractivity contribution is -0.122.